The molecular formula is C33H37N5O4. The van der Waals surface area contributed by atoms with Crippen LogP contribution in [0.15, 0.2) is 72.9 Å². The number of carbonyl (C=O) groups excluding carboxylic acids is 2. The van der Waals surface area contributed by atoms with E-state index in [4.69, 9.17) is 20.2 Å². The first-order valence-electron chi connectivity index (χ1n) is 14.1. The van der Waals surface area contributed by atoms with E-state index in [9.17, 15) is 9.59 Å². The van der Waals surface area contributed by atoms with Crippen molar-refractivity contribution in [3.05, 3.63) is 84.2 Å². The van der Waals surface area contributed by atoms with Crippen molar-refractivity contribution in [2.75, 3.05) is 43.5 Å². The minimum atomic E-state index is -0.598. The topological polar surface area (TPSA) is 119 Å². The number of fused-ring (bicyclic) bond motifs is 1. The summed E-state index contributed by atoms with van der Waals surface area (Å²) in [5.41, 5.74) is 10.3. The third kappa shape index (κ3) is 7.05. The fraction of sp³-hybridized carbons (Fsp3) is 0.303. The Labute approximate surface area is 246 Å². The fourth-order valence-corrected chi connectivity index (χ4v) is 4.97. The number of benzene rings is 3. The molecule has 1 aliphatic rings. The van der Waals surface area contributed by atoms with Crippen LogP contribution in [0.1, 0.15) is 32.0 Å². The molecule has 4 N–H and O–H groups in total. The van der Waals surface area contributed by atoms with Crippen LogP contribution >= 0.6 is 0 Å². The molecule has 218 valence electrons. The predicted octanol–water partition coefficient (Wildman–Crippen LogP) is 5.54. The van der Waals surface area contributed by atoms with E-state index < -0.39 is 11.9 Å². The van der Waals surface area contributed by atoms with E-state index in [1.807, 2.05) is 54.7 Å². The number of nitrogens with one attached hydrogen (secondary N) is 2. The highest BCUT2D eigenvalue weighted by atomic mass is 16.5. The average molecular weight is 568 g/mol. The lowest BCUT2D eigenvalue weighted by molar-refractivity contribution is -0.119. The average Bonchev–Trinajstić information content (AvgIpc) is 2.97. The molecule has 0 atom stereocenters. The summed E-state index contributed by atoms with van der Waals surface area (Å²) < 4.78 is 11.0. The highest BCUT2D eigenvalue weighted by Crippen LogP contribution is 2.34. The Kier molecular flexibility index (Phi) is 8.70. The molecule has 9 nitrogen and oxygen atoms in total. The molecule has 3 aromatic carbocycles. The quantitative estimate of drug-likeness (QED) is 0.257. The summed E-state index contributed by atoms with van der Waals surface area (Å²) in [6.07, 6.45) is 1.91. The first kappa shape index (κ1) is 29.0. The third-order valence-corrected chi connectivity index (χ3v) is 7.26. The van der Waals surface area contributed by atoms with Gasteiger partial charge in [0, 0.05) is 36.8 Å². The molecular weight excluding hydrogens is 530 g/mol. The van der Waals surface area contributed by atoms with Crippen molar-refractivity contribution < 1.29 is 19.1 Å². The van der Waals surface area contributed by atoms with E-state index in [1.54, 1.807) is 6.07 Å². The smallest absolute Gasteiger partial charge is 0.323 e. The minimum absolute atomic E-state index is 0.156. The number of amides is 3. The van der Waals surface area contributed by atoms with Crippen molar-refractivity contribution in [1.82, 2.24) is 9.88 Å². The van der Waals surface area contributed by atoms with Crippen molar-refractivity contribution in [1.29, 1.82) is 0 Å². The van der Waals surface area contributed by atoms with Gasteiger partial charge >= 0.3 is 6.03 Å². The van der Waals surface area contributed by atoms with E-state index in [0.717, 1.165) is 66.0 Å². The molecule has 9 heteroatoms. The van der Waals surface area contributed by atoms with E-state index >= 15 is 0 Å². The number of nitrogens with two attached hydrogens (primary N) is 1. The van der Waals surface area contributed by atoms with Crippen LogP contribution in [-0.4, -0.2) is 54.7 Å². The molecule has 4 aromatic rings. The number of urea groups is 1. The first-order valence-corrected chi connectivity index (χ1v) is 14.1. The van der Waals surface area contributed by atoms with Gasteiger partial charge in [0.05, 0.1) is 30.3 Å². The van der Waals surface area contributed by atoms with Crippen molar-refractivity contribution in [3.8, 4) is 16.9 Å². The summed E-state index contributed by atoms with van der Waals surface area (Å²) in [5, 5.41) is 7.78. The Morgan fingerprint density at radius 3 is 2.38 bits per heavy atom. The zero-order valence-electron chi connectivity index (χ0n) is 24.3. The maximum absolute atomic E-state index is 13.2. The van der Waals surface area contributed by atoms with Crippen LogP contribution in [0, 0.1) is 0 Å². The van der Waals surface area contributed by atoms with Gasteiger partial charge in [0.15, 0.2) is 6.61 Å². The zero-order chi connectivity index (χ0) is 29.7. The lowest BCUT2D eigenvalue weighted by Crippen LogP contribution is -2.35. The summed E-state index contributed by atoms with van der Waals surface area (Å²) in [4.78, 5) is 31.6. The highest BCUT2D eigenvalue weighted by molar-refractivity contribution is 6.10. The second-order valence-electron chi connectivity index (χ2n) is 11.4. The van der Waals surface area contributed by atoms with E-state index in [-0.39, 0.29) is 12.0 Å². The molecule has 1 fully saturated rings. The van der Waals surface area contributed by atoms with E-state index in [2.05, 4.69) is 48.4 Å². The van der Waals surface area contributed by atoms with Gasteiger partial charge in [-0.1, -0.05) is 63.2 Å². The molecule has 1 aliphatic heterocycles. The number of pyridine rings is 1. The lowest BCUT2D eigenvalue weighted by atomic mass is 9.87. The van der Waals surface area contributed by atoms with Crippen molar-refractivity contribution in [2.45, 2.75) is 32.7 Å². The van der Waals surface area contributed by atoms with Crippen LogP contribution in [0.2, 0.25) is 0 Å². The predicted molar refractivity (Wildman–Crippen MR) is 166 cm³/mol. The fourth-order valence-electron chi connectivity index (χ4n) is 4.97. The van der Waals surface area contributed by atoms with Crippen LogP contribution in [0.4, 0.5) is 16.2 Å². The summed E-state index contributed by atoms with van der Waals surface area (Å²) in [7, 11) is 0. The Morgan fingerprint density at radius 1 is 0.952 bits per heavy atom. The second kappa shape index (κ2) is 12.6. The number of morpholine rings is 1. The maximum Gasteiger partial charge on any atom is 0.323 e. The van der Waals surface area contributed by atoms with Gasteiger partial charge in [-0.2, -0.15) is 0 Å². The number of ether oxygens (including phenoxy) is 2. The molecule has 2 heterocycles. The molecule has 1 saturated heterocycles. The third-order valence-electron chi connectivity index (χ3n) is 7.26. The SMILES string of the molecule is CC(C)(C)c1ccc(OCC(N)=O)c(NC(=O)Nc2ccc(-c3ccc(CN4CCOCC4)nc3)c3ccccc23)c1. The summed E-state index contributed by atoms with van der Waals surface area (Å²) in [5.74, 6) is -0.236. The Morgan fingerprint density at radius 2 is 1.69 bits per heavy atom. The van der Waals surface area contributed by atoms with Crippen molar-refractivity contribution in [2.24, 2.45) is 5.73 Å². The van der Waals surface area contributed by atoms with Crippen LogP contribution in [-0.2, 0) is 21.5 Å². The van der Waals surface area contributed by atoms with Gasteiger partial charge in [-0.15, -0.1) is 0 Å². The number of rotatable bonds is 8. The summed E-state index contributed by atoms with van der Waals surface area (Å²) in [6, 6.07) is 21.1. The van der Waals surface area contributed by atoms with Crippen LogP contribution < -0.4 is 21.1 Å². The zero-order valence-corrected chi connectivity index (χ0v) is 24.3. The van der Waals surface area contributed by atoms with E-state index in [0.29, 0.717) is 17.1 Å². The Hall–Kier alpha value is -4.47. The molecule has 3 amide bonds. The van der Waals surface area contributed by atoms with Gasteiger partial charge < -0.3 is 25.8 Å². The lowest BCUT2D eigenvalue weighted by Gasteiger charge is -2.26. The van der Waals surface area contributed by atoms with Gasteiger partial charge in [-0.25, -0.2) is 4.79 Å². The molecule has 5 rings (SSSR count). The van der Waals surface area contributed by atoms with Gasteiger partial charge in [-0.05, 0) is 46.2 Å². The normalized spacial score (nSPS) is 14.0. The maximum atomic E-state index is 13.2. The molecule has 0 saturated carbocycles. The van der Waals surface area contributed by atoms with Crippen molar-refractivity contribution in [3.63, 3.8) is 0 Å². The largest absolute Gasteiger partial charge is 0.482 e. The number of primary amides is 1. The molecule has 1 aromatic heterocycles. The van der Waals surface area contributed by atoms with Crippen LogP contribution in [0.3, 0.4) is 0 Å². The molecule has 42 heavy (non-hydrogen) atoms. The Bertz CT molecular complexity index is 1570. The summed E-state index contributed by atoms with van der Waals surface area (Å²) in [6.45, 7) is 10.1. The Balaban J connectivity index is 1.36. The standard InChI is InChI=1S/C33H37N5O4/c1-33(2,3)23-9-13-30(42-21-31(34)39)29(18-23)37-32(40)36-28-12-11-25(26-6-4-5-7-27(26)28)22-8-10-24(35-19-22)20-38-14-16-41-17-15-38/h4-13,18-19H,14-17,20-21H2,1-3H3,(H2,34,39)(H2,36,37,40). The number of aromatic nitrogens is 1. The monoisotopic (exact) mass is 567 g/mol. The minimum Gasteiger partial charge on any atom is -0.482 e. The van der Waals surface area contributed by atoms with Crippen LogP contribution in [0.5, 0.6) is 5.75 Å². The molecule has 0 unspecified atom stereocenters. The van der Waals surface area contributed by atoms with Gasteiger partial charge in [0.2, 0.25) is 0 Å². The van der Waals surface area contributed by atoms with Gasteiger partial charge in [0.25, 0.3) is 5.91 Å². The molecule has 0 aliphatic carbocycles. The summed E-state index contributed by atoms with van der Waals surface area (Å²) >= 11 is 0. The number of anilines is 2. The van der Waals surface area contributed by atoms with E-state index in [1.165, 1.54) is 0 Å². The van der Waals surface area contributed by atoms with Crippen LogP contribution in [0.25, 0.3) is 21.9 Å². The second-order valence-corrected chi connectivity index (χ2v) is 11.4. The number of nitrogens with zero attached hydrogens (tertiary/aromatic N) is 2. The number of hydrogen-bond acceptors (Lipinski definition) is 6. The number of carbonyl (C=O) groups is 2. The van der Waals surface area contributed by atoms with Gasteiger partial charge in [-0.3, -0.25) is 14.7 Å². The molecule has 0 bridgehead atoms. The molecule has 0 radical (unpaired) electrons. The first-order chi connectivity index (χ1) is 20.2. The highest BCUT2D eigenvalue weighted by Gasteiger charge is 2.19. The van der Waals surface area contributed by atoms with Crippen molar-refractivity contribution >= 4 is 34.1 Å². The van der Waals surface area contributed by atoms with Gasteiger partial charge in [0.1, 0.15) is 5.75 Å². The molecule has 0 spiro atoms. The number of hydrogen-bond donors (Lipinski definition) is 3.